The molecule has 2 N–H and O–H groups in total. The minimum Gasteiger partial charge on any atom is -0.398 e. The van der Waals surface area contributed by atoms with Crippen molar-refractivity contribution in [2.45, 2.75) is 6.18 Å². The molecule has 4 nitrogen and oxygen atoms in total. The summed E-state index contributed by atoms with van der Waals surface area (Å²) in [6.45, 7) is 0. The average Bonchev–Trinajstić information content (AvgIpc) is 2.45. The molecular formula is C8H7F3N4. The monoisotopic (exact) mass is 216 g/mol. The lowest BCUT2D eigenvalue weighted by Crippen LogP contribution is -2.07. The van der Waals surface area contributed by atoms with Crippen LogP contribution < -0.4 is 5.73 Å². The molecule has 0 fully saturated rings. The zero-order chi connectivity index (χ0) is 11.2. The van der Waals surface area contributed by atoms with Crippen LogP contribution in [0.5, 0.6) is 0 Å². The summed E-state index contributed by atoms with van der Waals surface area (Å²) in [5, 5.41) is 3.23. The summed E-state index contributed by atoms with van der Waals surface area (Å²) in [5.41, 5.74) is 4.63. The minimum absolute atomic E-state index is 0.0282. The third-order valence-corrected chi connectivity index (χ3v) is 2.03. The molecule has 15 heavy (non-hydrogen) atoms. The Morgan fingerprint density at radius 1 is 1.40 bits per heavy atom. The van der Waals surface area contributed by atoms with Gasteiger partial charge in [-0.15, -0.1) is 0 Å². The highest BCUT2D eigenvalue weighted by atomic mass is 19.4. The Hall–Kier alpha value is -1.79. The summed E-state index contributed by atoms with van der Waals surface area (Å²) >= 11 is 0. The summed E-state index contributed by atoms with van der Waals surface area (Å²) in [4.78, 5) is 3.80. The van der Waals surface area contributed by atoms with Crippen LogP contribution in [0.15, 0.2) is 12.3 Å². The maximum atomic E-state index is 12.6. The first-order valence-electron chi connectivity index (χ1n) is 4.05. The van der Waals surface area contributed by atoms with Gasteiger partial charge in [0.1, 0.15) is 0 Å². The molecule has 0 saturated heterocycles. The van der Waals surface area contributed by atoms with Gasteiger partial charge in [-0.05, 0) is 6.07 Å². The Balaban J connectivity index is 2.88. The van der Waals surface area contributed by atoms with Crippen LogP contribution in [0.25, 0.3) is 11.0 Å². The standard InChI is InChI=1S/C8H7F3N4/c1-15-7-5(4(12)2-3-13-7)6(14-15)8(9,10)11/h2-3H,1H3,(H2,12,13). The lowest BCUT2D eigenvalue weighted by Gasteiger charge is -2.02. The molecule has 0 unspecified atom stereocenters. The number of pyridine rings is 1. The molecule has 2 aromatic rings. The van der Waals surface area contributed by atoms with Gasteiger partial charge >= 0.3 is 6.18 Å². The van der Waals surface area contributed by atoms with E-state index in [1.807, 2.05) is 0 Å². The molecule has 0 radical (unpaired) electrons. The fourth-order valence-electron chi connectivity index (χ4n) is 1.40. The number of anilines is 1. The predicted octanol–water partition coefficient (Wildman–Crippen LogP) is 1.57. The zero-order valence-electron chi connectivity index (χ0n) is 7.71. The SMILES string of the molecule is Cn1nc(C(F)(F)F)c2c(N)ccnc21. The third kappa shape index (κ3) is 1.39. The van der Waals surface area contributed by atoms with Crippen molar-refractivity contribution in [3.05, 3.63) is 18.0 Å². The normalized spacial score (nSPS) is 12.3. The highest BCUT2D eigenvalue weighted by Crippen LogP contribution is 2.35. The summed E-state index contributed by atoms with van der Waals surface area (Å²) in [6.07, 6.45) is -3.17. The molecule has 0 aliphatic carbocycles. The number of hydrogen-bond donors (Lipinski definition) is 1. The van der Waals surface area contributed by atoms with Crippen molar-refractivity contribution in [2.24, 2.45) is 7.05 Å². The van der Waals surface area contributed by atoms with E-state index in [0.717, 1.165) is 4.68 Å². The molecule has 0 aliphatic heterocycles. The second-order valence-electron chi connectivity index (χ2n) is 3.07. The third-order valence-electron chi connectivity index (χ3n) is 2.03. The molecule has 0 aliphatic rings. The minimum atomic E-state index is -4.52. The Morgan fingerprint density at radius 3 is 2.67 bits per heavy atom. The van der Waals surface area contributed by atoms with Gasteiger partial charge in [-0.3, -0.25) is 0 Å². The number of alkyl halides is 3. The molecule has 0 bridgehead atoms. The number of aryl methyl sites for hydroxylation is 1. The summed E-state index contributed by atoms with van der Waals surface area (Å²) < 4.78 is 38.7. The fraction of sp³-hybridized carbons (Fsp3) is 0.250. The van der Waals surface area contributed by atoms with E-state index < -0.39 is 11.9 Å². The van der Waals surface area contributed by atoms with Crippen LogP contribution in [0.4, 0.5) is 18.9 Å². The van der Waals surface area contributed by atoms with Crippen LogP contribution in [-0.2, 0) is 13.2 Å². The molecule has 0 saturated carbocycles. The van der Waals surface area contributed by atoms with E-state index in [0.29, 0.717) is 0 Å². The van der Waals surface area contributed by atoms with Crippen molar-refractivity contribution in [2.75, 3.05) is 5.73 Å². The van der Waals surface area contributed by atoms with Gasteiger partial charge in [-0.2, -0.15) is 18.3 Å². The molecule has 2 heterocycles. The molecule has 80 valence electrons. The van der Waals surface area contributed by atoms with Gasteiger partial charge in [0.15, 0.2) is 11.3 Å². The smallest absolute Gasteiger partial charge is 0.398 e. The predicted molar refractivity (Wildman–Crippen MR) is 47.9 cm³/mol. The Kier molecular flexibility index (Phi) is 1.85. The Morgan fingerprint density at radius 2 is 2.07 bits per heavy atom. The first kappa shape index (κ1) is 9.75. The van der Waals surface area contributed by atoms with Gasteiger partial charge in [0, 0.05) is 18.9 Å². The van der Waals surface area contributed by atoms with E-state index in [-0.39, 0.29) is 16.7 Å². The lowest BCUT2D eigenvalue weighted by atomic mass is 10.2. The van der Waals surface area contributed by atoms with Gasteiger partial charge in [-0.1, -0.05) is 0 Å². The van der Waals surface area contributed by atoms with Crippen LogP contribution in [0.1, 0.15) is 5.69 Å². The number of aromatic nitrogens is 3. The number of rotatable bonds is 0. The van der Waals surface area contributed by atoms with Gasteiger partial charge in [0.25, 0.3) is 0 Å². The second kappa shape index (κ2) is 2.85. The zero-order valence-corrected chi connectivity index (χ0v) is 7.71. The first-order valence-corrected chi connectivity index (χ1v) is 4.05. The molecule has 0 amide bonds. The number of nitrogen functional groups attached to an aromatic ring is 1. The molecule has 7 heteroatoms. The molecule has 0 spiro atoms. The highest BCUT2D eigenvalue weighted by molar-refractivity contribution is 5.90. The molecule has 2 rings (SSSR count). The topological polar surface area (TPSA) is 56.7 Å². The number of hydrogen-bond acceptors (Lipinski definition) is 3. The summed E-state index contributed by atoms with van der Waals surface area (Å²) in [7, 11) is 1.39. The molecule has 0 aromatic carbocycles. The quantitative estimate of drug-likeness (QED) is 0.727. The van der Waals surface area contributed by atoms with E-state index in [9.17, 15) is 13.2 Å². The number of nitrogens with zero attached hydrogens (tertiary/aromatic N) is 3. The van der Waals surface area contributed by atoms with Gasteiger partial charge < -0.3 is 5.73 Å². The highest BCUT2D eigenvalue weighted by Gasteiger charge is 2.37. The van der Waals surface area contributed by atoms with Crippen molar-refractivity contribution in [1.29, 1.82) is 0 Å². The Labute approximate surface area is 82.5 Å². The van der Waals surface area contributed by atoms with Crippen LogP contribution in [0.2, 0.25) is 0 Å². The molecular weight excluding hydrogens is 209 g/mol. The van der Waals surface area contributed by atoms with Gasteiger partial charge in [0.05, 0.1) is 5.39 Å². The second-order valence-corrected chi connectivity index (χ2v) is 3.07. The largest absolute Gasteiger partial charge is 0.435 e. The number of nitrogens with two attached hydrogens (primary N) is 1. The van der Waals surface area contributed by atoms with E-state index in [4.69, 9.17) is 5.73 Å². The van der Waals surface area contributed by atoms with Crippen molar-refractivity contribution in [3.8, 4) is 0 Å². The fourth-order valence-corrected chi connectivity index (χ4v) is 1.40. The van der Waals surface area contributed by atoms with Crippen molar-refractivity contribution < 1.29 is 13.2 Å². The first-order chi connectivity index (χ1) is 6.91. The Bertz CT molecular complexity index is 514. The summed E-state index contributed by atoms with van der Waals surface area (Å²) in [5.74, 6) is 0. The summed E-state index contributed by atoms with van der Waals surface area (Å²) in [6, 6.07) is 1.32. The number of fused-ring (bicyclic) bond motifs is 1. The maximum Gasteiger partial charge on any atom is 0.435 e. The van der Waals surface area contributed by atoms with Gasteiger partial charge in [-0.25, -0.2) is 9.67 Å². The lowest BCUT2D eigenvalue weighted by molar-refractivity contribution is -0.140. The van der Waals surface area contributed by atoms with E-state index in [1.54, 1.807) is 0 Å². The van der Waals surface area contributed by atoms with Gasteiger partial charge in [0.2, 0.25) is 0 Å². The van der Waals surface area contributed by atoms with Crippen LogP contribution in [0.3, 0.4) is 0 Å². The van der Waals surface area contributed by atoms with Crippen molar-refractivity contribution in [3.63, 3.8) is 0 Å². The van der Waals surface area contributed by atoms with E-state index >= 15 is 0 Å². The van der Waals surface area contributed by atoms with E-state index in [1.165, 1.54) is 19.3 Å². The van der Waals surface area contributed by atoms with Crippen molar-refractivity contribution >= 4 is 16.7 Å². The van der Waals surface area contributed by atoms with Crippen LogP contribution in [-0.4, -0.2) is 14.8 Å². The number of halogens is 3. The average molecular weight is 216 g/mol. The van der Waals surface area contributed by atoms with Crippen LogP contribution in [0, 0.1) is 0 Å². The van der Waals surface area contributed by atoms with Crippen molar-refractivity contribution in [1.82, 2.24) is 14.8 Å². The van der Waals surface area contributed by atoms with E-state index in [2.05, 4.69) is 10.1 Å². The molecule has 0 atom stereocenters. The van der Waals surface area contributed by atoms with Crippen LogP contribution >= 0.6 is 0 Å². The molecule has 2 aromatic heterocycles. The maximum absolute atomic E-state index is 12.6.